The molecule has 3 nitrogen and oxygen atoms in total. The summed E-state index contributed by atoms with van der Waals surface area (Å²) in [5.74, 6) is 0.569. The molecule has 0 bridgehead atoms. The van der Waals surface area contributed by atoms with E-state index in [-0.39, 0.29) is 17.6 Å². The molecule has 1 atom stereocenters. The SMILES string of the molecule is CCC(N)Cc1ccc(OCCOCCC(C)C)c(F)c1. The van der Waals surface area contributed by atoms with Gasteiger partial charge in [-0.2, -0.15) is 0 Å². The molecule has 21 heavy (non-hydrogen) atoms. The number of ether oxygens (including phenoxy) is 2. The van der Waals surface area contributed by atoms with Gasteiger partial charge in [0, 0.05) is 12.6 Å². The van der Waals surface area contributed by atoms with E-state index in [0.717, 1.165) is 25.0 Å². The molecule has 0 aromatic heterocycles. The van der Waals surface area contributed by atoms with Gasteiger partial charge >= 0.3 is 0 Å². The fourth-order valence-electron chi connectivity index (χ4n) is 1.87. The summed E-state index contributed by atoms with van der Waals surface area (Å²) in [4.78, 5) is 0. The lowest BCUT2D eigenvalue weighted by atomic mass is 10.0. The summed E-state index contributed by atoms with van der Waals surface area (Å²) >= 11 is 0. The summed E-state index contributed by atoms with van der Waals surface area (Å²) in [6, 6.07) is 5.12. The first-order chi connectivity index (χ1) is 10.0. The summed E-state index contributed by atoms with van der Waals surface area (Å²) in [7, 11) is 0. The maximum absolute atomic E-state index is 13.9. The number of rotatable bonds is 10. The Morgan fingerprint density at radius 3 is 2.57 bits per heavy atom. The largest absolute Gasteiger partial charge is 0.488 e. The lowest BCUT2D eigenvalue weighted by Crippen LogP contribution is -2.21. The summed E-state index contributed by atoms with van der Waals surface area (Å²) in [6.07, 6.45) is 2.60. The second-order valence-electron chi connectivity index (χ2n) is 5.78. The smallest absolute Gasteiger partial charge is 0.165 e. The Kier molecular flexibility index (Phi) is 8.31. The van der Waals surface area contributed by atoms with Crippen LogP contribution in [-0.2, 0) is 11.2 Å². The van der Waals surface area contributed by atoms with Crippen LogP contribution in [0.2, 0.25) is 0 Å². The Labute approximate surface area is 127 Å². The van der Waals surface area contributed by atoms with Gasteiger partial charge in [-0.25, -0.2) is 4.39 Å². The van der Waals surface area contributed by atoms with E-state index in [1.807, 2.05) is 13.0 Å². The summed E-state index contributed by atoms with van der Waals surface area (Å²) in [5.41, 5.74) is 6.78. The number of nitrogens with two attached hydrogens (primary N) is 1. The van der Waals surface area contributed by atoms with Gasteiger partial charge in [-0.05, 0) is 42.9 Å². The van der Waals surface area contributed by atoms with Crippen LogP contribution in [0.3, 0.4) is 0 Å². The molecule has 0 heterocycles. The van der Waals surface area contributed by atoms with Crippen molar-refractivity contribution in [1.82, 2.24) is 0 Å². The van der Waals surface area contributed by atoms with Gasteiger partial charge < -0.3 is 15.2 Å². The Balaban J connectivity index is 2.32. The lowest BCUT2D eigenvalue weighted by Gasteiger charge is -2.11. The maximum Gasteiger partial charge on any atom is 0.165 e. The molecule has 1 aromatic carbocycles. The van der Waals surface area contributed by atoms with Crippen LogP contribution < -0.4 is 10.5 Å². The van der Waals surface area contributed by atoms with Gasteiger partial charge in [-0.3, -0.25) is 0 Å². The van der Waals surface area contributed by atoms with Gasteiger partial charge in [0.2, 0.25) is 0 Å². The van der Waals surface area contributed by atoms with E-state index in [9.17, 15) is 4.39 Å². The molecule has 0 saturated heterocycles. The highest BCUT2D eigenvalue weighted by Gasteiger charge is 2.07. The zero-order chi connectivity index (χ0) is 15.7. The molecular formula is C17H28FNO2. The topological polar surface area (TPSA) is 44.5 Å². The molecule has 1 rings (SSSR count). The number of benzene rings is 1. The maximum atomic E-state index is 13.9. The molecule has 0 spiro atoms. The molecule has 1 aromatic rings. The molecule has 0 aliphatic carbocycles. The van der Waals surface area contributed by atoms with E-state index in [1.54, 1.807) is 6.07 Å². The van der Waals surface area contributed by atoms with Crippen molar-refractivity contribution in [3.05, 3.63) is 29.6 Å². The fourth-order valence-corrected chi connectivity index (χ4v) is 1.87. The van der Waals surface area contributed by atoms with Crippen molar-refractivity contribution in [1.29, 1.82) is 0 Å². The average molecular weight is 297 g/mol. The van der Waals surface area contributed by atoms with Crippen LogP contribution in [0.25, 0.3) is 0 Å². The summed E-state index contributed by atoms with van der Waals surface area (Å²) in [6.45, 7) is 7.90. The van der Waals surface area contributed by atoms with E-state index in [2.05, 4.69) is 13.8 Å². The third-order valence-corrected chi connectivity index (χ3v) is 3.34. The first-order valence-corrected chi connectivity index (χ1v) is 7.77. The molecule has 1 unspecified atom stereocenters. The highest BCUT2D eigenvalue weighted by atomic mass is 19.1. The zero-order valence-electron chi connectivity index (χ0n) is 13.4. The number of hydrogen-bond donors (Lipinski definition) is 1. The van der Waals surface area contributed by atoms with Crippen LogP contribution in [0.15, 0.2) is 18.2 Å². The van der Waals surface area contributed by atoms with Crippen molar-refractivity contribution in [3.8, 4) is 5.75 Å². The predicted octanol–water partition coefficient (Wildman–Crippen LogP) is 3.55. The highest BCUT2D eigenvalue weighted by Crippen LogP contribution is 2.19. The van der Waals surface area contributed by atoms with Gasteiger partial charge in [0.25, 0.3) is 0 Å². The van der Waals surface area contributed by atoms with Crippen molar-refractivity contribution in [3.63, 3.8) is 0 Å². The third kappa shape index (κ3) is 7.44. The molecule has 120 valence electrons. The van der Waals surface area contributed by atoms with E-state index in [4.69, 9.17) is 15.2 Å². The Morgan fingerprint density at radius 1 is 1.19 bits per heavy atom. The van der Waals surface area contributed by atoms with Gasteiger partial charge in [0.05, 0.1) is 6.61 Å². The quantitative estimate of drug-likeness (QED) is 0.672. The molecule has 0 fully saturated rings. The van der Waals surface area contributed by atoms with E-state index < -0.39 is 0 Å². The molecule has 4 heteroatoms. The van der Waals surface area contributed by atoms with Crippen molar-refractivity contribution >= 4 is 0 Å². The third-order valence-electron chi connectivity index (χ3n) is 3.34. The summed E-state index contributed by atoms with van der Waals surface area (Å²) in [5, 5.41) is 0. The normalized spacial score (nSPS) is 12.7. The van der Waals surface area contributed by atoms with Gasteiger partial charge in [-0.1, -0.05) is 26.8 Å². The van der Waals surface area contributed by atoms with Gasteiger partial charge in [-0.15, -0.1) is 0 Å². The Bertz CT molecular complexity index is 410. The minimum Gasteiger partial charge on any atom is -0.488 e. The predicted molar refractivity (Wildman–Crippen MR) is 84.1 cm³/mol. The first-order valence-electron chi connectivity index (χ1n) is 7.77. The van der Waals surface area contributed by atoms with Crippen LogP contribution in [0.5, 0.6) is 5.75 Å². The lowest BCUT2D eigenvalue weighted by molar-refractivity contribution is 0.0913. The van der Waals surface area contributed by atoms with E-state index in [0.29, 0.717) is 25.6 Å². The second kappa shape index (κ2) is 9.74. The van der Waals surface area contributed by atoms with Gasteiger partial charge in [0.15, 0.2) is 11.6 Å². The van der Waals surface area contributed by atoms with Gasteiger partial charge in [0.1, 0.15) is 6.61 Å². The second-order valence-corrected chi connectivity index (χ2v) is 5.78. The number of halogens is 1. The first kappa shape index (κ1) is 17.9. The van der Waals surface area contributed by atoms with Crippen LogP contribution in [0, 0.1) is 11.7 Å². The average Bonchev–Trinajstić information content (AvgIpc) is 2.44. The fraction of sp³-hybridized carbons (Fsp3) is 0.647. The van der Waals surface area contributed by atoms with Crippen LogP contribution in [0.1, 0.15) is 39.2 Å². The van der Waals surface area contributed by atoms with E-state index >= 15 is 0 Å². The monoisotopic (exact) mass is 297 g/mol. The van der Waals surface area contributed by atoms with E-state index in [1.165, 1.54) is 6.07 Å². The highest BCUT2D eigenvalue weighted by molar-refractivity contribution is 5.29. The van der Waals surface area contributed by atoms with Crippen LogP contribution >= 0.6 is 0 Å². The molecule has 0 amide bonds. The Hall–Kier alpha value is -1.13. The van der Waals surface area contributed by atoms with Crippen LogP contribution in [-0.4, -0.2) is 25.9 Å². The molecule has 0 radical (unpaired) electrons. The molecule has 0 saturated carbocycles. The van der Waals surface area contributed by atoms with Crippen molar-refractivity contribution in [2.75, 3.05) is 19.8 Å². The molecule has 2 N–H and O–H groups in total. The number of hydrogen-bond acceptors (Lipinski definition) is 3. The molecular weight excluding hydrogens is 269 g/mol. The van der Waals surface area contributed by atoms with Crippen molar-refractivity contribution in [2.45, 2.75) is 46.1 Å². The van der Waals surface area contributed by atoms with Crippen molar-refractivity contribution in [2.24, 2.45) is 11.7 Å². The minimum atomic E-state index is -0.335. The minimum absolute atomic E-state index is 0.0746. The molecule has 0 aliphatic heterocycles. The molecule has 0 aliphatic rings. The van der Waals surface area contributed by atoms with Crippen molar-refractivity contribution < 1.29 is 13.9 Å². The Morgan fingerprint density at radius 2 is 1.95 bits per heavy atom. The zero-order valence-corrected chi connectivity index (χ0v) is 13.4. The standard InChI is InChI=1S/C17H28FNO2/c1-4-15(19)11-14-5-6-17(16(18)12-14)21-10-9-20-8-7-13(2)3/h5-6,12-13,15H,4,7-11,19H2,1-3H3. The van der Waals surface area contributed by atoms with Crippen LogP contribution in [0.4, 0.5) is 4.39 Å². The summed E-state index contributed by atoms with van der Waals surface area (Å²) < 4.78 is 24.7.